The van der Waals surface area contributed by atoms with Crippen LogP contribution in [0.2, 0.25) is 0 Å². The van der Waals surface area contributed by atoms with Gasteiger partial charge in [-0.1, -0.05) is 17.8 Å². The van der Waals surface area contributed by atoms with E-state index in [0.717, 1.165) is 16.2 Å². The molecule has 0 spiro atoms. The fraction of sp³-hybridized carbons (Fsp3) is 0.364. The zero-order valence-electron chi connectivity index (χ0n) is 18.7. The highest BCUT2D eigenvalue weighted by molar-refractivity contribution is 7.99. The molecule has 1 amide bonds. The first-order valence-corrected chi connectivity index (χ1v) is 11.9. The molecule has 1 aromatic carbocycles. The summed E-state index contributed by atoms with van der Waals surface area (Å²) in [5.74, 6) is 0.876. The van der Waals surface area contributed by atoms with Crippen LogP contribution in [0.3, 0.4) is 0 Å². The number of nitrogens with one attached hydrogen (secondary N) is 1. The summed E-state index contributed by atoms with van der Waals surface area (Å²) in [6, 6.07) is 7.65. The number of amides is 1. The van der Waals surface area contributed by atoms with Crippen molar-refractivity contribution in [1.82, 2.24) is 14.8 Å². The lowest BCUT2D eigenvalue weighted by Gasteiger charge is -2.08. The topological polar surface area (TPSA) is 95.3 Å². The molecule has 0 aliphatic heterocycles. The fourth-order valence-electron chi connectivity index (χ4n) is 2.81. The molecule has 0 radical (unpaired) electrons. The monoisotopic (exact) mass is 474 g/mol. The van der Waals surface area contributed by atoms with Crippen LogP contribution in [-0.4, -0.2) is 39.0 Å². The van der Waals surface area contributed by atoms with Crippen LogP contribution in [0.25, 0.3) is 0 Å². The number of aryl methyl sites for hydroxylation is 3. The van der Waals surface area contributed by atoms with E-state index in [1.165, 1.54) is 28.7 Å². The summed E-state index contributed by atoms with van der Waals surface area (Å²) >= 11 is 2.60. The van der Waals surface area contributed by atoms with Gasteiger partial charge in [0.2, 0.25) is 5.91 Å². The smallest absolute Gasteiger partial charge is 0.341 e. The number of carbonyl (C=O) groups excluding carboxylic acids is 2. The van der Waals surface area contributed by atoms with Gasteiger partial charge in [-0.25, -0.2) is 4.79 Å². The first-order chi connectivity index (χ1) is 15.3. The van der Waals surface area contributed by atoms with Gasteiger partial charge < -0.3 is 19.4 Å². The van der Waals surface area contributed by atoms with Crippen LogP contribution in [0.4, 0.5) is 5.00 Å². The second kappa shape index (κ2) is 10.6. The number of rotatable bonds is 9. The van der Waals surface area contributed by atoms with Gasteiger partial charge in [0.25, 0.3) is 0 Å². The maximum Gasteiger partial charge on any atom is 0.341 e. The molecule has 8 nitrogen and oxygen atoms in total. The normalized spacial score (nSPS) is 10.8. The zero-order valence-corrected chi connectivity index (χ0v) is 20.4. The van der Waals surface area contributed by atoms with Gasteiger partial charge in [-0.3, -0.25) is 4.79 Å². The molecule has 0 aliphatic rings. The molecule has 0 saturated heterocycles. The van der Waals surface area contributed by atoms with Gasteiger partial charge in [-0.15, -0.1) is 21.5 Å². The third-order valence-corrected chi connectivity index (χ3v) is 6.69. The molecule has 0 unspecified atom stereocenters. The summed E-state index contributed by atoms with van der Waals surface area (Å²) in [4.78, 5) is 25.5. The first kappa shape index (κ1) is 23.8. The molecule has 2 aromatic heterocycles. The minimum Gasteiger partial charge on any atom is -0.486 e. The molecule has 0 fully saturated rings. The third-order valence-electron chi connectivity index (χ3n) is 4.71. The van der Waals surface area contributed by atoms with Gasteiger partial charge in [0, 0.05) is 11.9 Å². The van der Waals surface area contributed by atoms with E-state index in [-0.39, 0.29) is 24.9 Å². The Kier molecular flexibility index (Phi) is 7.92. The number of carbonyl (C=O) groups is 2. The predicted molar refractivity (Wildman–Crippen MR) is 126 cm³/mol. The number of thioether (sulfide) groups is 1. The Labute approximate surface area is 195 Å². The summed E-state index contributed by atoms with van der Waals surface area (Å²) in [5.41, 5.74) is 2.74. The van der Waals surface area contributed by atoms with Crippen molar-refractivity contribution in [2.24, 2.45) is 7.05 Å². The van der Waals surface area contributed by atoms with E-state index >= 15 is 0 Å². The van der Waals surface area contributed by atoms with E-state index in [1.807, 2.05) is 39.1 Å². The summed E-state index contributed by atoms with van der Waals surface area (Å²) in [6.07, 6.45) is 0. The molecule has 0 aliphatic carbocycles. The Hall–Kier alpha value is -2.85. The van der Waals surface area contributed by atoms with Crippen LogP contribution in [0.1, 0.15) is 39.1 Å². The second-order valence-corrected chi connectivity index (χ2v) is 9.35. The van der Waals surface area contributed by atoms with Crippen molar-refractivity contribution < 1.29 is 19.1 Å². The Bertz CT molecular complexity index is 1120. The van der Waals surface area contributed by atoms with E-state index in [2.05, 4.69) is 22.4 Å². The Balaban J connectivity index is 1.56. The molecular weight excluding hydrogens is 448 g/mol. The van der Waals surface area contributed by atoms with Crippen LogP contribution in [0.15, 0.2) is 29.4 Å². The minimum absolute atomic E-state index is 0.128. The number of hydrogen-bond donors (Lipinski definition) is 1. The minimum atomic E-state index is -0.443. The number of nitrogens with zero attached hydrogens (tertiary/aromatic N) is 3. The predicted octanol–water partition coefficient (Wildman–Crippen LogP) is 4.29. The molecule has 3 aromatic rings. The number of anilines is 1. The van der Waals surface area contributed by atoms with Gasteiger partial charge in [0.15, 0.2) is 11.0 Å². The quantitative estimate of drug-likeness (QED) is 0.365. The lowest BCUT2D eigenvalue weighted by Crippen LogP contribution is -2.16. The number of ether oxygens (including phenoxy) is 2. The summed E-state index contributed by atoms with van der Waals surface area (Å²) in [6.45, 7) is 8.26. The molecule has 0 saturated carbocycles. The van der Waals surface area contributed by atoms with E-state index in [0.29, 0.717) is 21.5 Å². The summed E-state index contributed by atoms with van der Waals surface area (Å²) in [5, 5.41) is 12.2. The van der Waals surface area contributed by atoms with Gasteiger partial charge in [0.1, 0.15) is 17.4 Å². The SMILES string of the molecule is CCOC(=O)c1cc(C)sc1NC(=O)CSc1nnc(COc2ccc(C)c(C)c2)n1C. The second-order valence-electron chi connectivity index (χ2n) is 7.15. The molecular formula is C22H26N4O4S2. The number of benzene rings is 1. The average molecular weight is 475 g/mol. The highest BCUT2D eigenvalue weighted by Gasteiger charge is 2.19. The Morgan fingerprint density at radius 1 is 1.16 bits per heavy atom. The van der Waals surface area contributed by atoms with Crippen molar-refractivity contribution >= 4 is 40.0 Å². The van der Waals surface area contributed by atoms with Crippen LogP contribution < -0.4 is 10.1 Å². The highest BCUT2D eigenvalue weighted by atomic mass is 32.2. The molecule has 170 valence electrons. The van der Waals surface area contributed by atoms with Gasteiger partial charge in [-0.05, 0) is 57.0 Å². The number of esters is 1. The highest BCUT2D eigenvalue weighted by Crippen LogP contribution is 2.29. The molecule has 1 N–H and O–H groups in total. The Morgan fingerprint density at radius 2 is 1.94 bits per heavy atom. The number of thiophene rings is 1. The lowest BCUT2D eigenvalue weighted by molar-refractivity contribution is -0.113. The maximum absolute atomic E-state index is 12.5. The van der Waals surface area contributed by atoms with E-state index in [1.54, 1.807) is 17.6 Å². The standard InChI is InChI=1S/C22H26N4O4S2/c1-6-29-21(28)17-10-15(4)32-20(17)23-19(27)12-31-22-25-24-18(26(22)5)11-30-16-8-7-13(2)14(3)9-16/h7-10H,6,11-12H2,1-5H3,(H,23,27). The van der Waals surface area contributed by atoms with E-state index < -0.39 is 5.97 Å². The van der Waals surface area contributed by atoms with Crippen molar-refractivity contribution in [3.05, 3.63) is 51.7 Å². The Morgan fingerprint density at radius 3 is 2.66 bits per heavy atom. The van der Waals surface area contributed by atoms with E-state index in [4.69, 9.17) is 9.47 Å². The first-order valence-electron chi connectivity index (χ1n) is 10.1. The molecule has 0 atom stereocenters. The molecule has 3 rings (SSSR count). The van der Waals surface area contributed by atoms with Gasteiger partial charge in [-0.2, -0.15) is 0 Å². The molecule has 2 heterocycles. The molecule has 32 heavy (non-hydrogen) atoms. The van der Waals surface area contributed by atoms with Crippen molar-refractivity contribution in [3.8, 4) is 5.75 Å². The van der Waals surface area contributed by atoms with Crippen molar-refractivity contribution in [3.63, 3.8) is 0 Å². The van der Waals surface area contributed by atoms with Crippen LogP contribution in [0.5, 0.6) is 5.75 Å². The van der Waals surface area contributed by atoms with Gasteiger partial charge >= 0.3 is 5.97 Å². The lowest BCUT2D eigenvalue weighted by atomic mass is 10.1. The molecule has 0 bridgehead atoms. The van der Waals surface area contributed by atoms with Crippen LogP contribution >= 0.6 is 23.1 Å². The molecule has 10 heteroatoms. The summed E-state index contributed by atoms with van der Waals surface area (Å²) in [7, 11) is 1.83. The average Bonchev–Trinajstić information content (AvgIpc) is 3.29. The maximum atomic E-state index is 12.5. The van der Waals surface area contributed by atoms with Crippen molar-refractivity contribution in [2.45, 2.75) is 39.5 Å². The van der Waals surface area contributed by atoms with Crippen LogP contribution in [0, 0.1) is 20.8 Å². The number of aromatic nitrogens is 3. The fourth-order valence-corrected chi connectivity index (χ4v) is 4.45. The van der Waals surface area contributed by atoms with E-state index in [9.17, 15) is 9.59 Å². The van der Waals surface area contributed by atoms with Crippen LogP contribution in [-0.2, 0) is 23.2 Å². The van der Waals surface area contributed by atoms with Gasteiger partial charge in [0.05, 0.1) is 17.9 Å². The summed E-state index contributed by atoms with van der Waals surface area (Å²) < 4.78 is 12.7. The number of hydrogen-bond acceptors (Lipinski definition) is 8. The van der Waals surface area contributed by atoms with Crippen molar-refractivity contribution in [2.75, 3.05) is 17.7 Å². The van der Waals surface area contributed by atoms with Crippen molar-refractivity contribution in [1.29, 1.82) is 0 Å². The third kappa shape index (κ3) is 5.89. The zero-order chi connectivity index (χ0) is 23.3. The largest absolute Gasteiger partial charge is 0.486 e.